The number of fused-ring (bicyclic) bond motifs is 1. The summed E-state index contributed by atoms with van der Waals surface area (Å²) >= 11 is 0. The Labute approximate surface area is 152 Å². The highest BCUT2D eigenvalue weighted by molar-refractivity contribution is 7.89. The molecule has 0 radical (unpaired) electrons. The molecule has 3 nitrogen and oxygen atoms in total. The fourth-order valence-electron chi connectivity index (χ4n) is 3.35. The van der Waals surface area contributed by atoms with E-state index in [0.29, 0.717) is 24.4 Å². The molecule has 0 spiro atoms. The minimum atomic E-state index is -3.57. The molecule has 1 aliphatic heterocycles. The Morgan fingerprint density at radius 1 is 0.885 bits per heavy atom. The van der Waals surface area contributed by atoms with E-state index in [9.17, 15) is 12.8 Å². The van der Waals surface area contributed by atoms with Crippen molar-refractivity contribution < 1.29 is 12.8 Å². The number of hydrogen-bond donors (Lipinski definition) is 0. The minimum Gasteiger partial charge on any atom is -0.207 e. The molecule has 4 rings (SSSR count). The van der Waals surface area contributed by atoms with Crippen molar-refractivity contribution in [2.75, 3.05) is 13.1 Å². The molecule has 3 aromatic rings. The van der Waals surface area contributed by atoms with Crippen LogP contribution < -0.4 is 0 Å². The lowest BCUT2D eigenvalue weighted by molar-refractivity contribution is 0.442. The first kappa shape index (κ1) is 16.9. The van der Waals surface area contributed by atoms with Crippen molar-refractivity contribution in [3.05, 3.63) is 84.2 Å². The topological polar surface area (TPSA) is 37.4 Å². The van der Waals surface area contributed by atoms with E-state index in [1.54, 1.807) is 24.3 Å². The second kappa shape index (κ2) is 6.67. The molecule has 0 saturated heterocycles. The Hall–Kier alpha value is -2.50. The van der Waals surface area contributed by atoms with Crippen LogP contribution in [0.3, 0.4) is 0 Å². The summed E-state index contributed by atoms with van der Waals surface area (Å²) in [6.45, 7) is 0.729. The third kappa shape index (κ3) is 3.04. The average Bonchev–Trinajstić information content (AvgIpc) is 2.68. The lowest BCUT2D eigenvalue weighted by Crippen LogP contribution is -2.34. The molecule has 0 unspecified atom stereocenters. The zero-order chi connectivity index (χ0) is 18.1. The smallest absolute Gasteiger partial charge is 0.207 e. The van der Waals surface area contributed by atoms with Crippen LogP contribution in [0, 0.1) is 5.82 Å². The van der Waals surface area contributed by atoms with E-state index in [2.05, 4.69) is 0 Å². The summed E-state index contributed by atoms with van der Waals surface area (Å²) in [7, 11) is -3.57. The van der Waals surface area contributed by atoms with Crippen molar-refractivity contribution in [2.24, 2.45) is 0 Å². The summed E-state index contributed by atoms with van der Waals surface area (Å²) in [6, 6.07) is 19.2. The van der Waals surface area contributed by atoms with Crippen molar-refractivity contribution in [1.29, 1.82) is 0 Å². The largest absolute Gasteiger partial charge is 0.243 e. The van der Waals surface area contributed by atoms with Crippen LogP contribution in [-0.2, 0) is 10.0 Å². The van der Waals surface area contributed by atoms with Gasteiger partial charge in [-0.2, -0.15) is 4.31 Å². The van der Waals surface area contributed by atoms with Gasteiger partial charge in [-0.05, 0) is 41.1 Å². The normalized spacial score (nSPS) is 15.8. The van der Waals surface area contributed by atoms with Gasteiger partial charge in [0.25, 0.3) is 0 Å². The number of sulfonamides is 1. The van der Waals surface area contributed by atoms with E-state index in [1.165, 1.54) is 16.4 Å². The fraction of sp³-hybridized carbons (Fsp3) is 0.143. The van der Waals surface area contributed by atoms with E-state index in [1.807, 2.05) is 36.4 Å². The predicted molar refractivity (Wildman–Crippen MR) is 102 cm³/mol. The Morgan fingerprint density at radius 2 is 1.62 bits per heavy atom. The molecule has 0 N–H and O–H groups in total. The molecule has 0 saturated carbocycles. The molecule has 1 aliphatic rings. The predicted octanol–water partition coefficient (Wildman–Crippen LogP) is 4.46. The Balaban J connectivity index is 1.65. The highest BCUT2D eigenvalue weighted by Gasteiger charge is 2.27. The van der Waals surface area contributed by atoms with Gasteiger partial charge in [0, 0.05) is 18.5 Å². The van der Waals surface area contributed by atoms with Gasteiger partial charge in [-0.15, -0.1) is 0 Å². The molecule has 132 valence electrons. The molecule has 0 atom stereocenters. The summed E-state index contributed by atoms with van der Waals surface area (Å²) in [5.41, 5.74) is 1.99. The second-order valence-corrected chi connectivity index (χ2v) is 8.23. The summed E-state index contributed by atoms with van der Waals surface area (Å²) in [5.74, 6) is -0.273. The van der Waals surface area contributed by atoms with Crippen LogP contribution in [0.4, 0.5) is 4.39 Å². The minimum absolute atomic E-state index is 0.273. The molecular formula is C21H18FNO2S. The number of benzene rings is 3. The maximum Gasteiger partial charge on any atom is 0.243 e. The van der Waals surface area contributed by atoms with E-state index in [4.69, 9.17) is 0 Å². The van der Waals surface area contributed by atoms with Crippen molar-refractivity contribution >= 4 is 26.4 Å². The van der Waals surface area contributed by atoms with Gasteiger partial charge >= 0.3 is 0 Å². The molecular weight excluding hydrogens is 349 g/mol. The molecule has 5 heteroatoms. The number of rotatable bonds is 3. The highest BCUT2D eigenvalue weighted by atomic mass is 32.2. The fourth-order valence-corrected chi connectivity index (χ4v) is 4.95. The summed E-state index contributed by atoms with van der Waals surface area (Å²) in [4.78, 5) is 0.342. The van der Waals surface area contributed by atoms with Crippen molar-refractivity contribution in [3.8, 4) is 0 Å². The van der Waals surface area contributed by atoms with E-state index in [0.717, 1.165) is 21.9 Å². The summed E-state index contributed by atoms with van der Waals surface area (Å²) < 4.78 is 40.9. The quantitative estimate of drug-likeness (QED) is 0.685. The van der Waals surface area contributed by atoms with Crippen LogP contribution in [0.15, 0.2) is 77.7 Å². The van der Waals surface area contributed by atoms with Gasteiger partial charge in [0.2, 0.25) is 10.0 Å². The van der Waals surface area contributed by atoms with E-state index in [-0.39, 0.29) is 5.82 Å². The number of hydrogen-bond acceptors (Lipinski definition) is 2. The molecule has 0 bridgehead atoms. The number of halogens is 1. The van der Waals surface area contributed by atoms with Crippen LogP contribution in [0.1, 0.15) is 12.0 Å². The van der Waals surface area contributed by atoms with Gasteiger partial charge in [0.1, 0.15) is 5.82 Å². The first-order valence-electron chi connectivity index (χ1n) is 8.48. The maximum absolute atomic E-state index is 13.1. The second-order valence-electron chi connectivity index (χ2n) is 6.33. The van der Waals surface area contributed by atoms with Crippen LogP contribution in [-0.4, -0.2) is 25.8 Å². The zero-order valence-electron chi connectivity index (χ0n) is 14.1. The third-order valence-corrected chi connectivity index (χ3v) is 6.68. The molecule has 26 heavy (non-hydrogen) atoms. The highest BCUT2D eigenvalue weighted by Crippen LogP contribution is 2.29. The lowest BCUT2D eigenvalue weighted by Gasteiger charge is -2.26. The van der Waals surface area contributed by atoms with Crippen molar-refractivity contribution in [3.63, 3.8) is 0 Å². The first-order valence-corrected chi connectivity index (χ1v) is 9.92. The Morgan fingerprint density at radius 3 is 2.35 bits per heavy atom. The van der Waals surface area contributed by atoms with Crippen LogP contribution in [0.25, 0.3) is 16.3 Å². The average molecular weight is 367 g/mol. The standard InChI is InChI=1S/C21H18FNO2S/c22-19-10-8-16(9-11-19)17-12-14-23(15-13-17)26(24,25)21-7-3-5-18-4-1-2-6-20(18)21/h1-12H,13-15H2. The van der Waals surface area contributed by atoms with Crippen LogP contribution in [0.2, 0.25) is 0 Å². The van der Waals surface area contributed by atoms with Crippen LogP contribution in [0.5, 0.6) is 0 Å². The summed E-state index contributed by atoms with van der Waals surface area (Å²) in [6.07, 6.45) is 2.52. The molecule has 3 aromatic carbocycles. The van der Waals surface area contributed by atoms with Gasteiger partial charge in [0.05, 0.1) is 4.90 Å². The molecule has 0 aliphatic carbocycles. The Bertz CT molecular complexity index is 1080. The lowest BCUT2D eigenvalue weighted by atomic mass is 10.0. The molecule has 0 amide bonds. The molecule has 0 fully saturated rings. The van der Waals surface area contributed by atoms with Gasteiger partial charge in [-0.1, -0.05) is 54.6 Å². The SMILES string of the molecule is O=S(=O)(c1cccc2ccccc12)N1CC=C(c2ccc(F)cc2)CC1. The van der Waals surface area contributed by atoms with Crippen LogP contribution >= 0.6 is 0 Å². The van der Waals surface area contributed by atoms with Gasteiger partial charge in [-0.25, -0.2) is 12.8 Å². The van der Waals surface area contributed by atoms with E-state index >= 15 is 0 Å². The summed E-state index contributed by atoms with van der Waals surface area (Å²) in [5, 5.41) is 1.65. The maximum atomic E-state index is 13.1. The van der Waals surface area contributed by atoms with Crippen molar-refractivity contribution in [2.45, 2.75) is 11.3 Å². The van der Waals surface area contributed by atoms with Gasteiger partial charge < -0.3 is 0 Å². The Kier molecular flexibility index (Phi) is 4.34. The third-order valence-electron chi connectivity index (χ3n) is 4.75. The number of nitrogens with zero attached hydrogens (tertiary/aromatic N) is 1. The molecule has 0 aromatic heterocycles. The van der Waals surface area contributed by atoms with Gasteiger partial charge in [-0.3, -0.25) is 0 Å². The van der Waals surface area contributed by atoms with E-state index < -0.39 is 10.0 Å². The van der Waals surface area contributed by atoms with Crippen molar-refractivity contribution in [1.82, 2.24) is 4.31 Å². The monoisotopic (exact) mass is 367 g/mol. The van der Waals surface area contributed by atoms with Gasteiger partial charge in [0.15, 0.2) is 0 Å². The molecule has 1 heterocycles. The first-order chi connectivity index (χ1) is 12.6. The zero-order valence-corrected chi connectivity index (χ0v) is 14.9.